The third-order valence-electron chi connectivity index (χ3n) is 3.29. The van der Waals surface area contributed by atoms with Crippen molar-refractivity contribution >= 4 is 11.6 Å². The van der Waals surface area contributed by atoms with Crippen LogP contribution < -0.4 is 5.73 Å². The first-order valence-electron chi connectivity index (χ1n) is 6.33. The Bertz CT molecular complexity index is 568. The van der Waals surface area contributed by atoms with Crippen molar-refractivity contribution in [3.63, 3.8) is 0 Å². The standard InChI is InChI=1S/C16H17ClFN/c1-11-10-13(6-8-15(11)18)16(19)9-7-12-4-2-3-5-14(12)17/h2-6,8,10,16H,7,9,19H2,1H3. The first-order chi connectivity index (χ1) is 9.08. The van der Waals surface area contributed by atoms with Crippen LogP contribution in [0.2, 0.25) is 5.02 Å². The molecule has 1 atom stereocenters. The number of halogens is 2. The second kappa shape index (κ2) is 6.18. The summed E-state index contributed by atoms with van der Waals surface area (Å²) in [7, 11) is 0. The van der Waals surface area contributed by atoms with Crippen molar-refractivity contribution in [2.24, 2.45) is 5.73 Å². The topological polar surface area (TPSA) is 26.0 Å². The fourth-order valence-electron chi connectivity index (χ4n) is 2.08. The van der Waals surface area contributed by atoms with Crippen LogP contribution in [0.25, 0.3) is 0 Å². The fourth-order valence-corrected chi connectivity index (χ4v) is 2.31. The van der Waals surface area contributed by atoms with Crippen LogP contribution in [0.3, 0.4) is 0 Å². The molecule has 0 bridgehead atoms. The number of nitrogens with two attached hydrogens (primary N) is 1. The molecule has 0 saturated heterocycles. The SMILES string of the molecule is Cc1cc(C(N)CCc2ccccc2Cl)ccc1F. The first-order valence-corrected chi connectivity index (χ1v) is 6.71. The average molecular weight is 278 g/mol. The second-order valence-electron chi connectivity index (χ2n) is 4.75. The first kappa shape index (κ1) is 14.0. The van der Waals surface area contributed by atoms with Crippen LogP contribution in [0.1, 0.15) is 29.2 Å². The number of rotatable bonds is 4. The van der Waals surface area contributed by atoms with E-state index >= 15 is 0 Å². The number of benzene rings is 2. The van der Waals surface area contributed by atoms with E-state index < -0.39 is 0 Å². The molecule has 19 heavy (non-hydrogen) atoms. The van der Waals surface area contributed by atoms with Gasteiger partial charge < -0.3 is 5.73 Å². The van der Waals surface area contributed by atoms with E-state index in [1.165, 1.54) is 6.07 Å². The summed E-state index contributed by atoms with van der Waals surface area (Å²) in [6.07, 6.45) is 1.60. The second-order valence-corrected chi connectivity index (χ2v) is 5.15. The van der Waals surface area contributed by atoms with Gasteiger partial charge in [-0.1, -0.05) is 41.9 Å². The van der Waals surface area contributed by atoms with Crippen molar-refractivity contribution in [3.05, 3.63) is 70.0 Å². The van der Waals surface area contributed by atoms with Gasteiger partial charge in [-0.25, -0.2) is 4.39 Å². The highest BCUT2D eigenvalue weighted by atomic mass is 35.5. The summed E-state index contributed by atoms with van der Waals surface area (Å²) in [5.41, 5.74) is 8.84. The molecule has 2 aromatic rings. The molecule has 0 spiro atoms. The van der Waals surface area contributed by atoms with Gasteiger partial charge in [0.1, 0.15) is 5.82 Å². The summed E-state index contributed by atoms with van der Waals surface area (Å²) < 4.78 is 13.2. The minimum atomic E-state index is -0.193. The molecule has 2 aromatic carbocycles. The predicted octanol–water partition coefficient (Wildman–Crippen LogP) is 4.42. The lowest BCUT2D eigenvalue weighted by Gasteiger charge is -2.13. The van der Waals surface area contributed by atoms with Gasteiger partial charge in [-0.2, -0.15) is 0 Å². The third kappa shape index (κ3) is 3.55. The summed E-state index contributed by atoms with van der Waals surface area (Å²) in [4.78, 5) is 0. The lowest BCUT2D eigenvalue weighted by Crippen LogP contribution is -2.11. The molecule has 0 aliphatic carbocycles. The van der Waals surface area contributed by atoms with Crippen LogP contribution >= 0.6 is 11.6 Å². The summed E-state index contributed by atoms with van der Waals surface area (Å²) in [5, 5.41) is 0.769. The third-order valence-corrected chi connectivity index (χ3v) is 3.66. The van der Waals surface area contributed by atoms with Gasteiger partial charge in [0.2, 0.25) is 0 Å². The van der Waals surface area contributed by atoms with E-state index in [1.54, 1.807) is 13.0 Å². The molecule has 3 heteroatoms. The number of hydrogen-bond donors (Lipinski definition) is 1. The predicted molar refractivity (Wildman–Crippen MR) is 77.8 cm³/mol. The van der Waals surface area contributed by atoms with Crippen LogP contribution in [-0.4, -0.2) is 0 Å². The van der Waals surface area contributed by atoms with Gasteiger partial charge in [0, 0.05) is 11.1 Å². The van der Waals surface area contributed by atoms with Crippen LogP contribution in [0, 0.1) is 12.7 Å². The maximum absolute atomic E-state index is 13.2. The lowest BCUT2D eigenvalue weighted by molar-refractivity contribution is 0.610. The highest BCUT2D eigenvalue weighted by Crippen LogP contribution is 2.22. The number of aryl methyl sites for hydroxylation is 2. The highest BCUT2D eigenvalue weighted by Gasteiger charge is 2.09. The maximum atomic E-state index is 13.2. The normalized spacial score (nSPS) is 12.4. The number of hydrogen-bond acceptors (Lipinski definition) is 1. The molecule has 0 saturated carbocycles. The van der Waals surface area contributed by atoms with Crippen molar-refractivity contribution in [1.29, 1.82) is 0 Å². The smallest absolute Gasteiger partial charge is 0.126 e. The zero-order chi connectivity index (χ0) is 13.8. The van der Waals surface area contributed by atoms with Gasteiger partial charge in [-0.15, -0.1) is 0 Å². The van der Waals surface area contributed by atoms with Crippen molar-refractivity contribution in [1.82, 2.24) is 0 Å². The van der Waals surface area contributed by atoms with Crippen molar-refractivity contribution in [2.75, 3.05) is 0 Å². The lowest BCUT2D eigenvalue weighted by atomic mass is 9.98. The van der Waals surface area contributed by atoms with Crippen molar-refractivity contribution in [3.8, 4) is 0 Å². The van der Waals surface area contributed by atoms with Gasteiger partial charge >= 0.3 is 0 Å². The van der Waals surface area contributed by atoms with Crippen molar-refractivity contribution in [2.45, 2.75) is 25.8 Å². The zero-order valence-electron chi connectivity index (χ0n) is 10.9. The molecule has 0 fully saturated rings. The molecule has 100 valence electrons. The van der Waals surface area contributed by atoms with E-state index in [0.717, 1.165) is 29.0 Å². The summed E-state index contributed by atoms with van der Waals surface area (Å²) >= 11 is 6.11. The Kier molecular flexibility index (Phi) is 4.56. The molecule has 0 aliphatic heterocycles. The minimum absolute atomic E-state index is 0.101. The Morgan fingerprint density at radius 1 is 1.21 bits per heavy atom. The van der Waals surface area contributed by atoms with E-state index in [2.05, 4.69) is 0 Å². The van der Waals surface area contributed by atoms with E-state index in [9.17, 15) is 4.39 Å². The van der Waals surface area contributed by atoms with Gasteiger partial charge in [0.25, 0.3) is 0 Å². The molecule has 1 nitrogen and oxygen atoms in total. The van der Waals surface area contributed by atoms with Crippen LogP contribution in [0.15, 0.2) is 42.5 Å². The Morgan fingerprint density at radius 3 is 2.63 bits per heavy atom. The Balaban J connectivity index is 2.03. The summed E-state index contributed by atoms with van der Waals surface area (Å²) in [6, 6.07) is 12.7. The summed E-state index contributed by atoms with van der Waals surface area (Å²) in [6.45, 7) is 1.75. The van der Waals surface area contributed by atoms with Crippen molar-refractivity contribution < 1.29 is 4.39 Å². The van der Waals surface area contributed by atoms with Gasteiger partial charge in [-0.05, 0) is 48.6 Å². The molecule has 2 N–H and O–H groups in total. The largest absolute Gasteiger partial charge is 0.324 e. The molecule has 0 heterocycles. The Labute approximate surface area is 118 Å². The zero-order valence-corrected chi connectivity index (χ0v) is 11.6. The minimum Gasteiger partial charge on any atom is -0.324 e. The fraction of sp³-hybridized carbons (Fsp3) is 0.250. The van der Waals surface area contributed by atoms with E-state index in [-0.39, 0.29) is 11.9 Å². The van der Waals surface area contributed by atoms with Crippen LogP contribution in [0.5, 0.6) is 0 Å². The van der Waals surface area contributed by atoms with Gasteiger partial charge in [0.05, 0.1) is 0 Å². The molecule has 0 aromatic heterocycles. The molecule has 0 amide bonds. The molecule has 1 unspecified atom stereocenters. The van der Waals surface area contributed by atoms with Crippen LogP contribution in [0.4, 0.5) is 4.39 Å². The molecule has 0 aliphatic rings. The monoisotopic (exact) mass is 277 g/mol. The van der Waals surface area contributed by atoms with E-state index in [0.29, 0.717) is 5.56 Å². The Hall–Kier alpha value is -1.38. The maximum Gasteiger partial charge on any atom is 0.126 e. The van der Waals surface area contributed by atoms with Crippen LogP contribution in [-0.2, 0) is 6.42 Å². The molecule has 0 radical (unpaired) electrons. The molecular formula is C16H17ClFN. The quantitative estimate of drug-likeness (QED) is 0.879. The summed E-state index contributed by atoms with van der Waals surface area (Å²) in [5.74, 6) is -0.193. The van der Waals surface area contributed by atoms with E-state index in [1.807, 2.05) is 30.3 Å². The molecular weight excluding hydrogens is 261 g/mol. The Morgan fingerprint density at radius 2 is 1.95 bits per heavy atom. The van der Waals surface area contributed by atoms with E-state index in [4.69, 9.17) is 17.3 Å². The molecule has 2 rings (SSSR count). The van der Waals surface area contributed by atoms with Gasteiger partial charge in [0.15, 0.2) is 0 Å². The van der Waals surface area contributed by atoms with Gasteiger partial charge in [-0.3, -0.25) is 0 Å². The highest BCUT2D eigenvalue weighted by molar-refractivity contribution is 6.31. The average Bonchev–Trinajstić information content (AvgIpc) is 2.40.